The Bertz CT molecular complexity index is 926. The average molecular weight is 439 g/mol. The van der Waals surface area contributed by atoms with Gasteiger partial charge in [0, 0.05) is 10.2 Å². The molecule has 0 unspecified atom stereocenters. The number of nitrogens with zero attached hydrogens (tertiary/aromatic N) is 2. The Morgan fingerprint density at radius 1 is 1.08 bits per heavy atom. The van der Waals surface area contributed by atoms with Gasteiger partial charge in [-0.05, 0) is 48.0 Å². The molecule has 0 fully saturated rings. The first kappa shape index (κ1) is 17.7. The molecular formula is C17H10BrClFN3OS. The van der Waals surface area contributed by atoms with E-state index in [9.17, 15) is 9.18 Å². The highest BCUT2D eigenvalue weighted by Crippen LogP contribution is 2.26. The van der Waals surface area contributed by atoms with Crippen LogP contribution in [0.3, 0.4) is 0 Å². The summed E-state index contributed by atoms with van der Waals surface area (Å²) in [6.45, 7) is 0. The van der Waals surface area contributed by atoms with E-state index in [1.807, 2.05) is 24.3 Å². The average Bonchev–Trinajstić information content (AvgIpc) is 3.09. The molecule has 0 bridgehead atoms. The van der Waals surface area contributed by atoms with Crippen molar-refractivity contribution in [2.45, 2.75) is 0 Å². The van der Waals surface area contributed by atoms with E-state index in [0.717, 1.165) is 21.4 Å². The maximum absolute atomic E-state index is 12.9. The Labute approximate surface area is 160 Å². The van der Waals surface area contributed by atoms with Gasteiger partial charge in [0.2, 0.25) is 5.01 Å². The molecule has 0 atom stereocenters. The van der Waals surface area contributed by atoms with Crippen molar-refractivity contribution < 1.29 is 9.18 Å². The summed E-state index contributed by atoms with van der Waals surface area (Å²) in [7, 11) is 0. The zero-order valence-electron chi connectivity index (χ0n) is 12.5. The minimum atomic E-state index is -0.427. The number of hydrogen-bond donors (Lipinski definition) is 1. The van der Waals surface area contributed by atoms with Crippen LogP contribution in [0.25, 0.3) is 11.1 Å². The molecule has 0 spiro atoms. The molecule has 4 nitrogen and oxygen atoms in total. The standard InChI is InChI=1S/C17H10BrClFN3OS/c18-11-3-1-10(2-4-11)9-14(19)16-22-23-17(25-16)15(24)21-13-7-5-12(20)6-8-13/h1-9H,(H,21,24)/b14-9-. The van der Waals surface area contributed by atoms with Crippen LogP contribution in [-0.4, -0.2) is 16.1 Å². The molecule has 0 aliphatic heterocycles. The fourth-order valence-corrected chi connectivity index (χ4v) is 3.09. The molecule has 0 radical (unpaired) electrons. The van der Waals surface area contributed by atoms with Crippen molar-refractivity contribution in [3.8, 4) is 0 Å². The van der Waals surface area contributed by atoms with E-state index in [-0.39, 0.29) is 10.8 Å². The number of benzene rings is 2. The fourth-order valence-electron chi connectivity index (χ4n) is 1.90. The highest BCUT2D eigenvalue weighted by molar-refractivity contribution is 9.10. The van der Waals surface area contributed by atoms with E-state index in [1.54, 1.807) is 6.08 Å². The Kier molecular flexibility index (Phi) is 5.57. The van der Waals surface area contributed by atoms with Crippen LogP contribution in [0.2, 0.25) is 0 Å². The molecule has 1 amide bonds. The van der Waals surface area contributed by atoms with Gasteiger partial charge in [0.05, 0.1) is 5.03 Å². The summed E-state index contributed by atoms with van der Waals surface area (Å²) in [5.74, 6) is -0.801. The number of amides is 1. The SMILES string of the molecule is O=C(Nc1ccc(F)cc1)c1nnc(/C(Cl)=C/c2ccc(Br)cc2)s1. The molecule has 3 aromatic rings. The van der Waals surface area contributed by atoms with Gasteiger partial charge in [-0.3, -0.25) is 4.79 Å². The number of carbonyl (C=O) groups is 1. The normalized spacial score (nSPS) is 11.4. The van der Waals surface area contributed by atoms with Crippen molar-refractivity contribution in [1.29, 1.82) is 0 Å². The topological polar surface area (TPSA) is 54.9 Å². The van der Waals surface area contributed by atoms with Crippen LogP contribution in [-0.2, 0) is 0 Å². The van der Waals surface area contributed by atoms with Gasteiger partial charge in [-0.15, -0.1) is 10.2 Å². The van der Waals surface area contributed by atoms with Gasteiger partial charge in [-0.25, -0.2) is 4.39 Å². The molecule has 1 aromatic heterocycles. The highest BCUT2D eigenvalue weighted by atomic mass is 79.9. The van der Waals surface area contributed by atoms with Crippen LogP contribution in [0, 0.1) is 5.82 Å². The van der Waals surface area contributed by atoms with Crippen LogP contribution < -0.4 is 5.32 Å². The molecule has 25 heavy (non-hydrogen) atoms. The number of hydrogen-bond acceptors (Lipinski definition) is 4. The molecule has 8 heteroatoms. The van der Waals surface area contributed by atoms with Gasteiger partial charge in [0.15, 0.2) is 5.01 Å². The third-order valence-corrected chi connectivity index (χ3v) is 4.97. The van der Waals surface area contributed by atoms with E-state index in [4.69, 9.17) is 11.6 Å². The molecule has 0 saturated heterocycles. The molecule has 1 N–H and O–H groups in total. The predicted molar refractivity (Wildman–Crippen MR) is 102 cm³/mol. The summed E-state index contributed by atoms with van der Waals surface area (Å²) in [5, 5.41) is 11.4. The van der Waals surface area contributed by atoms with E-state index in [1.165, 1.54) is 24.3 Å². The fraction of sp³-hybridized carbons (Fsp3) is 0. The molecule has 1 heterocycles. The Balaban J connectivity index is 1.73. The van der Waals surface area contributed by atoms with Crippen molar-refractivity contribution in [3.05, 3.63) is 74.4 Å². The smallest absolute Gasteiger partial charge is 0.286 e. The van der Waals surface area contributed by atoms with Crippen LogP contribution in [0.15, 0.2) is 53.0 Å². The summed E-state index contributed by atoms with van der Waals surface area (Å²) in [4.78, 5) is 12.2. The van der Waals surface area contributed by atoms with Crippen molar-refractivity contribution in [2.24, 2.45) is 0 Å². The molecule has 0 aliphatic rings. The Hall–Kier alpha value is -2.09. The highest BCUT2D eigenvalue weighted by Gasteiger charge is 2.15. The van der Waals surface area contributed by atoms with Crippen LogP contribution in [0.4, 0.5) is 10.1 Å². The zero-order chi connectivity index (χ0) is 17.8. The van der Waals surface area contributed by atoms with Gasteiger partial charge in [0.25, 0.3) is 5.91 Å². The molecule has 126 valence electrons. The lowest BCUT2D eigenvalue weighted by atomic mass is 10.2. The largest absolute Gasteiger partial charge is 0.320 e. The van der Waals surface area contributed by atoms with E-state index in [2.05, 4.69) is 31.4 Å². The van der Waals surface area contributed by atoms with Gasteiger partial charge in [-0.2, -0.15) is 0 Å². The lowest BCUT2D eigenvalue weighted by Gasteiger charge is -2.01. The predicted octanol–water partition coefficient (Wildman–Crippen LogP) is 5.43. The summed E-state index contributed by atoms with van der Waals surface area (Å²) in [5.41, 5.74) is 1.38. The van der Waals surface area contributed by atoms with E-state index in [0.29, 0.717) is 15.7 Å². The minimum Gasteiger partial charge on any atom is -0.320 e. The van der Waals surface area contributed by atoms with Crippen molar-refractivity contribution in [3.63, 3.8) is 0 Å². The number of halogens is 3. The van der Waals surface area contributed by atoms with E-state index < -0.39 is 5.91 Å². The first-order valence-electron chi connectivity index (χ1n) is 7.05. The maximum Gasteiger partial charge on any atom is 0.286 e. The maximum atomic E-state index is 12.9. The summed E-state index contributed by atoms with van der Waals surface area (Å²) in [6.07, 6.45) is 1.75. The molecule has 0 aliphatic carbocycles. The molecule has 0 saturated carbocycles. The van der Waals surface area contributed by atoms with Gasteiger partial charge < -0.3 is 5.32 Å². The van der Waals surface area contributed by atoms with Crippen LogP contribution in [0.1, 0.15) is 20.4 Å². The van der Waals surface area contributed by atoms with Crippen molar-refractivity contribution >= 4 is 61.6 Å². The first-order chi connectivity index (χ1) is 12.0. The minimum absolute atomic E-state index is 0.168. The third kappa shape index (κ3) is 4.72. The second kappa shape index (κ2) is 7.86. The zero-order valence-corrected chi connectivity index (χ0v) is 15.7. The van der Waals surface area contributed by atoms with Gasteiger partial charge >= 0.3 is 0 Å². The number of carbonyl (C=O) groups excluding carboxylic acids is 1. The second-order valence-corrected chi connectivity index (χ2v) is 7.22. The number of nitrogens with one attached hydrogen (secondary N) is 1. The quantitative estimate of drug-likeness (QED) is 0.591. The van der Waals surface area contributed by atoms with Crippen LogP contribution in [0.5, 0.6) is 0 Å². The lowest BCUT2D eigenvalue weighted by Crippen LogP contribution is -2.11. The number of rotatable bonds is 4. The third-order valence-electron chi connectivity index (χ3n) is 3.09. The second-order valence-electron chi connectivity index (χ2n) is 4.92. The lowest BCUT2D eigenvalue weighted by molar-refractivity contribution is 0.102. The monoisotopic (exact) mass is 437 g/mol. The van der Waals surface area contributed by atoms with Gasteiger partial charge in [0.1, 0.15) is 5.82 Å². The number of anilines is 1. The molecule has 2 aromatic carbocycles. The summed E-state index contributed by atoms with van der Waals surface area (Å²) in [6, 6.07) is 13.1. The summed E-state index contributed by atoms with van der Waals surface area (Å²) < 4.78 is 13.9. The first-order valence-corrected chi connectivity index (χ1v) is 9.03. The van der Waals surface area contributed by atoms with Crippen molar-refractivity contribution in [2.75, 3.05) is 5.32 Å². The van der Waals surface area contributed by atoms with Crippen LogP contribution >= 0.6 is 38.9 Å². The van der Waals surface area contributed by atoms with Crippen molar-refractivity contribution in [1.82, 2.24) is 10.2 Å². The molecule has 3 rings (SSSR count). The Morgan fingerprint density at radius 2 is 1.72 bits per heavy atom. The number of aromatic nitrogens is 2. The van der Waals surface area contributed by atoms with E-state index >= 15 is 0 Å². The molecular weight excluding hydrogens is 429 g/mol. The summed E-state index contributed by atoms with van der Waals surface area (Å²) >= 11 is 10.7. The van der Waals surface area contributed by atoms with Gasteiger partial charge in [-0.1, -0.05) is 51.0 Å². The Morgan fingerprint density at radius 3 is 2.40 bits per heavy atom.